The minimum absolute atomic E-state index is 0.0722. The molecule has 3 N–H and O–H groups in total. The Kier molecular flexibility index (Phi) is 4.24. The molecule has 2 rings (SSSR count). The number of halogens is 1. The molecule has 5 heteroatoms. The molecule has 0 aliphatic heterocycles. The molecule has 0 spiro atoms. The van der Waals surface area contributed by atoms with Gasteiger partial charge in [-0.1, -0.05) is 18.5 Å². The maximum absolute atomic E-state index is 14.2. The van der Waals surface area contributed by atoms with Gasteiger partial charge >= 0.3 is 0 Å². The van der Waals surface area contributed by atoms with Crippen molar-refractivity contribution in [2.75, 3.05) is 11.4 Å². The van der Waals surface area contributed by atoms with Gasteiger partial charge in [0.25, 0.3) is 0 Å². The molecule has 1 aliphatic carbocycles. The lowest BCUT2D eigenvalue weighted by Gasteiger charge is -2.25. The van der Waals surface area contributed by atoms with Gasteiger partial charge in [-0.25, -0.2) is 4.39 Å². The van der Waals surface area contributed by atoms with Gasteiger partial charge in [-0.15, -0.1) is 0 Å². The second-order valence-corrected chi connectivity index (χ2v) is 4.93. The lowest BCUT2D eigenvalue weighted by molar-refractivity contribution is 0.318. The van der Waals surface area contributed by atoms with E-state index in [1.54, 1.807) is 12.1 Å². The van der Waals surface area contributed by atoms with Crippen LogP contribution in [0.3, 0.4) is 0 Å². The van der Waals surface area contributed by atoms with Crippen LogP contribution in [-0.2, 0) is 0 Å². The zero-order valence-corrected chi connectivity index (χ0v) is 11.1. The molecule has 104 valence electrons. The number of hydrogen-bond donors (Lipinski definition) is 2. The number of rotatable bonds is 6. The molecule has 1 aromatic rings. The maximum atomic E-state index is 14.2. The van der Waals surface area contributed by atoms with E-state index in [2.05, 4.69) is 17.0 Å². The van der Waals surface area contributed by atoms with E-state index in [0.29, 0.717) is 17.3 Å². The summed E-state index contributed by atoms with van der Waals surface area (Å²) in [7, 11) is 0. The first-order valence-electron chi connectivity index (χ1n) is 6.71. The molecule has 1 saturated carbocycles. The summed E-state index contributed by atoms with van der Waals surface area (Å²) in [5.41, 5.74) is 6.48. The standard InChI is InChI=1S/C14H20FN3O/c1-2-3-8-18(11-5-6-11)13-7-4-10(9-12(13)15)14(16)17-19/h4,7,9,11,19H,2-3,5-6,8H2,1H3,(H2,16,17). The summed E-state index contributed by atoms with van der Waals surface area (Å²) in [6.07, 6.45) is 4.40. The van der Waals surface area contributed by atoms with Gasteiger partial charge < -0.3 is 15.8 Å². The van der Waals surface area contributed by atoms with Gasteiger partial charge in [-0.05, 0) is 37.5 Å². The molecule has 0 aromatic heterocycles. The number of anilines is 1. The Morgan fingerprint density at radius 1 is 1.53 bits per heavy atom. The van der Waals surface area contributed by atoms with E-state index in [9.17, 15) is 4.39 Å². The number of hydrogen-bond acceptors (Lipinski definition) is 3. The highest BCUT2D eigenvalue weighted by molar-refractivity contribution is 5.97. The van der Waals surface area contributed by atoms with Crippen molar-refractivity contribution in [2.45, 2.75) is 38.6 Å². The second kappa shape index (κ2) is 5.91. The molecule has 1 fully saturated rings. The van der Waals surface area contributed by atoms with E-state index in [1.807, 2.05) is 0 Å². The predicted octanol–water partition coefficient (Wildman–Crippen LogP) is 2.69. The molecule has 0 atom stereocenters. The first kappa shape index (κ1) is 13.6. The average molecular weight is 265 g/mol. The summed E-state index contributed by atoms with van der Waals surface area (Å²) in [5, 5.41) is 11.5. The number of benzene rings is 1. The van der Waals surface area contributed by atoms with Gasteiger partial charge in [-0.3, -0.25) is 0 Å². The van der Waals surface area contributed by atoms with Gasteiger partial charge in [0, 0.05) is 18.2 Å². The predicted molar refractivity (Wildman–Crippen MR) is 74.2 cm³/mol. The van der Waals surface area contributed by atoms with Crippen LogP contribution in [0, 0.1) is 5.82 Å². The minimum Gasteiger partial charge on any atom is -0.409 e. The zero-order chi connectivity index (χ0) is 13.8. The highest BCUT2D eigenvalue weighted by Crippen LogP contribution is 2.33. The van der Waals surface area contributed by atoms with Crippen LogP contribution < -0.4 is 10.6 Å². The summed E-state index contributed by atoms with van der Waals surface area (Å²) >= 11 is 0. The van der Waals surface area contributed by atoms with Crippen molar-refractivity contribution in [3.63, 3.8) is 0 Å². The molecular formula is C14H20FN3O. The van der Waals surface area contributed by atoms with Crippen molar-refractivity contribution in [3.05, 3.63) is 29.6 Å². The molecule has 0 radical (unpaired) electrons. The van der Waals surface area contributed by atoms with E-state index >= 15 is 0 Å². The van der Waals surface area contributed by atoms with Crippen LogP contribution in [0.15, 0.2) is 23.4 Å². The molecular weight excluding hydrogens is 245 g/mol. The van der Waals surface area contributed by atoms with Crippen molar-refractivity contribution in [1.82, 2.24) is 0 Å². The van der Waals surface area contributed by atoms with Gasteiger partial charge in [0.1, 0.15) is 5.82 Å². The highest BCUT2D eigenvalue weighted by atomic mass is 19.1. The van der Waals surface area contributed by atoms with Crippen LogP contribution in [0.4, 0.5) is 10.1 Å². The number of amidine groups is 1. The lowest BCUT2D eigenvalue weighted by atomic mass is 10.1. The summed E-state index contributed by atoms with van der Waals surface area (Å²) in [6, 6.07) is 5.20. The SMILES string of the molecule is CCCCN(c1ccc(/C(N)=N/O)cc1F)C1CC1. The van der Waals surface area contributed by atoms with E-state index in [4.69, 9.17) is 10.9 Å². The van der Waals surface area contributed by atoms with E-state index < -0.39 is 0 Å². The van der Waals surface area contributed by atoms with Crippen molar-refractivity contribution in [2.24, 2.45) is 10.9 Å². The molecule has 0 heterocycles. The van der Waals surface area contributed by atoms with Crippen LogP contribution in [0.5, 0.6) is 0 Å². The van der Waals surface area contributed by atoms with E-state index in [0.717, 1.165) is 32.2 Å². The molecule has 0 bridgehead atoms. The third-order valence-corrected chi connectivity index (χ3v) is 3.40. The first-order chi connectivity index (χ1) is 9.17. The Hall–Kier alpha value is -1.78. The number of unbranched alkanes of at least 4 members (excludes halogenated alkanes) is 1. The maximum Gasteiger partial charge on any atom is 0.170 e. The van der Waals surface area contributed by atoms with Crippen LogP contribution in [-0.4, -0.2) is 23.6 Å². The molecule has 0 unspecified atom stereocenters. The smallest absolute Gasteiger partial charge is 0.170 e. The topological polar surface area (TPSA) is 61.8 Å². The Labute approximate surface area is 112 Å². The normalized spacial score (nSPS) is 15.6. The lowest BCUT2D eigenvalue weighted by Crippen LogP contribution is -2.28. The van der Waals surface area contributed by atoms with Gasteiger partial charge in [0.15, 0.2) is 5.84 Å². The molecule has 0 saturated heterocycles. The molecule has 1 aromatic carbocycles. The van der Waals surface area contributed by atoms with Gasteiger partial charge in [0.05, 0.1) is 5.69 Å². The van der Waals surface area contributed by atoms with Gasteiger partial charge in [-0.2, -0.15) is 0 Å². The second-order valence-electron chi connectivity index (χ2n) is 4.93. The highest BCUT2D eigenvalue weighted by Gasteiger charge is 2.30. The van der Waals surface area contributed by atoms with Crippen LogP contribution in [0.1, 0.15) is 38.2 Å². The Balaban J connectivity index is 2.22. The summed E-state index contributed by atoms with van der Waals surface area (Å²) < 4.78 is 14.2. The molecule has 1 aliphatic rings. The average Bonchev–Trinajstić information content (AvgIpc) is 3.24. The fourth-order valence-electron chi connectivity index (χ4n) is 2.17. The fourth-order valence-corrected chi connectivity index (χ4v) is 2.17. The summed E-state index contributed by atoms with van der Waals surface area (Å²) in [4.78, 5) is 2.13. The van der Waals surface area contributed by atoms with Crippen molar-refractivity contribution in [1.29, 1.82) is 0 Å². The number of oxime groups is 1. The Morgan fingerprint density at radius 2 is 2.26 bits per heavy atom. The van der Waals surface area contributed by atoms with Crippen LogP contribution in [0.25, 0.3) is 0 Å². The van der Waals surface area contributed by atoms with E-state index in [-0.39, 0.29) is 11.7 Å². The summed E-state index contributed by atoms with van der Waals surface area (Å²) in [6.45, 7) is 3.00. The van der Waals surface area contributed by atoms with Crippen molar-refractivity contribution >= 4 is 11.5 Å². The number of nitrogens with zero attached hydrogens (tertiary/aromatic N) is 2. The number of nitrogens with two attached hydrogens (primary N) is 1. The van der Waals surface area contributed by atoms with E-state index in [1.165, 1.54) is 6.07 Å². The molecule has 4 nitrogen and oxygen atoms in total. The zero-order valence-electron chi connectivity index (χ0n) is 11.1. The minimum atomic E-state index is -0.313. The van der Waals surface area contributed by atoms with Crippen LogP contribution in [0.2, 0.25) is 0 Å². The Bertz CT molecular complexity index is 472. The quantitative estimate of drug-likeness (QED) is 0.360. The summed E-state index contributed by atoms with van der Waals surface area (Å²) in [5.74, 6) is -0.385. The van der Waals surface area contributed by atoms with Crippen molar-refractivity contribution < 1.29 is 9.60 Å². The molecule has 19 heavy (non-hydrogen) atoms. The monoisotopic (exact) mass is 265 g/mol. The largest absolute Gasteiger partial charge is 0.409 e. The van der Waals surface area contributed by atoms with Crippen LogP contribution >= 0.6 is 0 Å². The third-order valence-electron chi connectivity index (χ3n) is 3.40. The van der Waals surface area contributed by atoms with Gasteiger partial charge in [0.2, 0.25) is 0 Å². The molecule has 0 amide bonds. The first-order valence-corrected chi connectivity index (χ1v) is 6.71. The fraction of sp³-hybridized carbons (Fsp3) is 0.500. The van der Waals surface area contributed by atoms with Crippen molar-refractivity contribution in [3.8, 4) is 0 Å². The Morgan fingerprint density at radius 3 is 2.79 bits per heavy atom. The third kappa shape index (κ3) is 3.16.